The maximum Gasteiger partial charge on any atom is 0.225 e. The molecule has 3 aromatic heterocycles. The lowest BCUT2D eigenvalue weighted by Gasteiger charge is -2.17. The summed E-state index contributed by atoms with van der Waals surface area (Å²) in [6.45, 7) is 5.92. The summed E-state index contributed by atoms with van der Waals surface area (Å²) in [7, 11) is 0. The number of hydrogen-bond donors (Lipinski definition) is 1. The van der Waals surface area contributed by atoms with Crippen LogP contribution in [0.25, 0.3) is 0 Å². The maximum absolute atomic E-state index is 12.9. The Labute approximate surface area is 195 Å². The van der Waals surface area contributed by atoms with Crippen molar-refractivity contribution in [3.63, 3.8) is 0 Å². The highest BCUT2D eigenvalue weighted by atomic mass is 32.1. The van der Waals surface area contributed by atoms with Gasteiger partial charge in [-0.3, -0.25) is 14.4 Å². The van der Waals surface area contributed by atoms with E-state index >= 15 is 0 Å². The first kappa shape index (κ1) is 22.8. The third kappa shape index (κ3) is 5.16. The van der Waals surface area contributed by atoms with E-state index in [2.05, 4.69) is 30.2 Å². The van der Waals surface area contributed by atoms with Gasteiger partial charge in [-0.05, 0) is 12.5 Å². The molecule has 10 heteroatoms. The number of ketones is 2. The van der Waals surface area contributed by atoms with Crippen LogP contribution >= 0.6 is 11.3 Å². The van der Waals surface area contributed by atoms with E-state index in [0.29, 0.717) is 51.3 Å². The molecule has 3 aromatic rings. The van der Waals surface area contributed by atoms with Crippen molar-refractivity contribution in [3.8, 4) is 0 Å². The van der Waals surface area contributed by atoms with Gasteiger partial charge in [-0.2, -0.15) is 0 Å². The molecular formula is C23H24N6O3S. The van der Waals surface area contributed by atoms with Gasteiger partial charge in [0, 0.05) is 42.6 Å². The average molecular weight is 465 g/mol. The van der Waals surface area contributed by atoms with Gasteiger partial charge in [0.05, 0.1) is 22.0 Å². The van der Waals surface area contributed by atoms with Crippen molar-refractivity contribution < 1.29 is 14.4 Å². The fourth-order valence-electron chi connectivity index (χ4n) is 3.58. The minimum atomic E-state index is -0.181. The Morgan fingerprint density at radius 1 is 1.09 bits per heavy atom. The number of aromatic nitrogens is 5. The fourth-order valence-corrected chi connectivity index (χ4v) is 4.48. The average Bonchev–Trinajstić information content (AvgIpc) is 3.29. The highest BCUT2D eigenvalue weighted by Crippen LogP contribution is 2.29. The Morgan fingerprint density at radius 2 is 1.91 bits per heavy atom. The minimum Gasteiger partial charge on any atom is -0.310 e. The van der Waals surface area contributed by atoms with Crippen molar-refractivity contribution in [3.05, 3.63) is 57.4 Å². The number of rotatable bonds is 8. The predicted molar refractivity (Wildman–Crippen MR) is 123 cm³/mol. The lowest BCUT2D eigenvalue weighted by Crippen LogP contribution is -2.23. The van der Waals surface area contributed by atoms with Gasteiger partial charge < -0.3 is 5.32 Å². The van der Waals surface area contributed by atoms with Gasteiger partial charge in [0.15, 0.2) is 11.6 Å². The Bertz CT molecular complexity index is 1220. The predicted octanol–water partition coefficient (Wildman–Crippen LogP) is 3.53. The molecule has 0 saturated heterocycles. The number of nitrogens with one attached hydrogen (secondary N) is 1. The molecule has 9 nitrogen and oxygen atoms in total. The molecule has 1 aliphatic rings. The van der Waals surface area contributed by atoms with E-state index in [1.54, 1.807) is 18.5 Å². The Balaban J connectivity index is 1.43. The summed E-state index contributed by atoms with van der Waals surface area (Å²) in [6.07, 6.45) is 5.65. The monoisotopic (exact) mass is 464 g/mol. The molecule has 4 rings (SSSR count). The molecule has 0 spiro atoms. The molecule has 4 heterocycles. The number of carbonyl (C=O) groups excluding carboxylic acids is 3. The second-order valence-corrected chi connectivity index (χ2v) is 9.41. The van der Waals surface area contributed by atoms with Crippen LogP contribution in [0.3, 0.4) is 0 Å². The van der Waals surface area contributed by atoms with Crippen molar-refractivity contribution in [2.24, 2.45) is 0 Å². The first-order valence-electron chi connectivity index (χ1n) is 10.8. The lowest BCUT2D eigenvalue weighted by molar-refractivity contribution is -0.116. The SMILES string of the molecule is CC(C)c1nccc(CC(=O)c2cnc([C@@H](C)CC(=O)c3ncnc4c3CCC(=O)N4)s2)n1. The molecule has 170 valence electrons. The third-order valence-electron chi connectivity index (χ3n) is 5.37. The topological polar surface area (TPSA) is 128 Å². The number of Topliss-reactive ketones (excluding diaryl/α,β-unsaturated/α-hetero) is 2. The number of nitrogens with zero attached hydrogens (tertiary/aromatic N) is 5. The summed E-state index contributed by atoms with van der Waals surface area (Å²) in [4.78, 5) is 59.2. The summed E-state index contributed by atoms with van der Waals surface area (Å²) in [5.74, 6) is 0.808. The minimum absolute atomic E-state index is 0.0636. The van der Waals surface area contributed by atoms with Crippen LogP contribution in [0.5, 0.6) is 0 Å². The van der Waals surface area contributed by atoms with Crippen LogP contribution in [0.1, 0.15) is 87.7 Å². The molecular weight excluding hydrogens is 440 g/mol. The summed E-state index contributed by atoms with van der Waals surface area (Å²) >= 11 is 1.30. The molecule has 1 N–H and O–H groups in total. The molecule has 0 saturated carbocycles. The van der Waals surface area contributed by atoms with Crippen LogP contribution in [0.2, 0.25) is 0 Å². The molecule has 0 unspecified atom stereocenters. The van der Waals surface area contributed by atoms with E-state index in [0.717, 1.165) is 0 Å². The number of hydrogen-bond acceptors (Lipinski definition) is 9. The summed E-state index contributed by atoms with van der Waals surface area (Å²) in [5, 5.41) is 3.40. The van der Waals surface area contributed by atoms with Gasteiger partial charge in [0.2, 0.25) is 5.91 Å². The molecule has 1 amide bonds. The second kappa shape index (κ2) is 9.62. The Hall–Kier alpha value is -3.40. The Kier molecular flexibility index (Phi) is 6.64. The number of carbonyl (C=O) groups is 3. The van der Waals surface area contributed by atoms with Crippen molar-refractivity contribution >= 4 is 34.6 Å². The Morgan fingerprint density at radius 3 is 2.70 bits per heavy atom. The third-order valence-corrected chi connectivity index (χ3v) is 6.64. The zero-order chi connectivity index (χ0) is 23.5. The van der Waals surface area contributed by atoms with Gasteiger partial charge in [0.1, 0.15) is 23.7 Å². The van der Waals surface area contributed by atoms with Gasteiger partial charge in [-0.15, -0.1) is 11.3 Å². The van der Waals surface area contributed by atoms with Crippen LogP contribution in [0.15, 0.2) is 24.8 Å². The van der Waals surface area contributed by atoms with Crippen LogP contribution in [0, 0.1) is 0 Å². The molecule has 0 aromatic carbocycles. The number of fused-ring (bicyclic) bond motifs is 1. The van der Waals surface area contributed by atoms with Crippen molar-refractivity contribution in [1.82, 2.24) is 24.9 Å². The van der Waals surface area contributed by atoms with E-state index in [1.165, 1.54) is 17.7 Å². The van der Waals surface area contributed by atoms with Gasteiger partial charge in [0.25, 0.3) is 0 Å². The van der Waals surface area contributed by atoms with Crippen LogP contribution < -0.4 is 5.32 Å². The van der Waals surface area contributed by atoms with E-state index in [1.807, 2.05) is 20.8 Å². The first-order chi connectivity index (χ1) is 15.8. The summed E-state index contributed by atoms with van der Waals surface area (Å²) in [5.41, 5.74) is 1.69. The lowest BCUT2D eigenvalue weighted by atomic mass is 9.97. The summed E-state index contributed by atoms with van der Waals surface area (Å²) in [6, 6.07) is 1.75. The maximum atomic E-state index is 12.9. The normalized spacial score (nSPS) is 14.0. The van der Waals surface area contributed by atoms with E-state index in [9.17, 15) is 14.4 Å². The molecule has 0 radical (unpaired) electrons. The smallest absolute Gasteiger partial charge is 0.225 e. The highest BCUT2D eigenvalue weighted by Gasteiger charge is 2.25. The van der Waals surface area contributed by atoms with E-state index in [-0.39, 0.29) is 42.2 Å². The second-order valence-electron chi connectivity index (χ2n) is 8.35. The summed E-state index contributed by atoms with van der Waals surface area (Å²) < 4.78 is 0. The van der Waals surface area contributed by atoms with Crippen molar-refractivity contribution in [1.29, 1.82) is 0 Å². The molecule has 0 bridgehead atoms. The van der Waals surface area contributed by atoms with Crippen molar-refractivity contribution in [2.45, 2.75) is 58.3 Å². The zero-order valence-electron chi connectivity index (χ0n) is 18.7. The first-order valence-corrected chi connectivity index (χ1v) is 11.6. The van der Waals surface area contributed by atoms with E-state index in [4.69, 9.17) is 0 Å². The van der Waals surface area contributed by atoms with Gasteiger partial charge in [-0.1, -0.05) is 20.8 Å². The van der Waals surface area contributed by atoms with Crippen LogP contribution in [-0.2, 0) is 17.6 Å². The fraction of sp³-hybridized carbons (Fsp3) is 0.391. The van der Waals surface area contributed by atoms with Gasteiger partial charge in [-0.25, -0.2) is 24.9 Å². The largest absolute Gasteiger partial charge is 0.310 e. The molecule has 33 heavy (non-hydrogen) atoms. The van der Waals surface area contributed by atoms with Crippen molar-refractivity contribution in [2.75, 3.05) is 5.32 Å². The molecule has 0 fully saturated rings. The number of anilines is 1. The number of amides is 1. The number of thiazole rings is 1. The van der Waals surface area contributed by atoms with Crippen LogP contribution in [-0.4, -0.2) is 42.4 Å². The highest BCUT2D eigenvalue weighted by molar-refractivity contribution is 7.13. The molecule has 1 aliphatic heterocycles. The zero-order valence-corrected chi connectivity index (χ0v) is 19.5. The van der Waals surface area contributed by atoms with E-state index < -0.39 is 0 Å². The van der Waals surface area contributed by atoms with Gasteiger partial charge >= 0.3 is 0 Å². The molecule has 1 atom stereocenters. The van der Waals surface area contributed by atoms with Crippen LogP contribution in [0.4, 0.5) is 5.82 Å². The standard InChI is InChI=1S/C23H24N6O3S/c1-12(2)21-24-7-6-14(28-21)9-16(30)18-10-25-23(33-18)13(3)8-17(31)20-15-4-5-19(32)29-22(15)27-11-26-20/h6-7,10-13H,4-5,8-9H2,1-3H3,(H,26,27,29,32)/t13-/m0/s1. The quantitative estimate of drug-likeness (QED) is 0.502. The molecule has 0 aliphatic carbocycles.